The predicted molar refractivity (Wildman–Crippen MR) is 104 cm³/mol. The van der Waals surface area contributed by atoms with Gasteiger partial charge in [0.2, 0.25) is 4.80 Å². The van der Waals surface area contributed by atoms with E-state index in [-0.39, 0.29) is 5.82 Å². The minimum atomic E-state index is -0.283. The van der Waals surface area contributed by atoms with Gasteiger partial charge in [-0.15, -0.1) is 22.7 Å². The van der Waals surface area contributed by atoms with Gasteiger partial charge in [-0.25, -0.2) is 14.1 Å². The molecule has 3 aromatic heterocycles. The normalized spacial score (nSPS) is 12.7. The minimum Gasteiger partial charge on any atom is -0.463 e. The second-order valence-corrected chi connectivity index (χ2v) is 7.23. The third kappa shape index (κ3) is 3.44. The van der Waals surface area contributed by atoms with Gasteiger partial charge in [0.25, 0.3) is 0 Å². The molecule has 4 rings (SSSR count). The van der Waals surface area contributed by atoms with E-state index in [1.807, 2.05) is 41.9 Å². The Morgan fingerprint density at radius 1 is 1.08 bits per heavy atom. The van der Waals surface area contributed by atoms with E-state index in [1.54, 1.807) is 34.4 Å². The van der Waals surface area contributed by atoms with Crippen LogP contribution in [0.3, 0.4) is 0 Å². The molecule has 0 amide bonds. The molecule has 26 heavy (non-hydrogen) atoms. The zero-order valence-electron chi connectivity index (χ0n) is 13.8. The van der Waals surface area contributed by atoms with Crippen molar-refractivity contribution in [2.75, 3.05) is 0 Å². The van der Waals surface area contributed by atoms with Crippen LogP contribution in [0.5, 0.6) is 0 Å². The number of thiazole rings is 1. The molecule has 0 spiro atoms. The summed E-state index contributed by atoms with van der Waals surface area (Å²) in [5.74, 6) is 0.419. The van der Waals surface area contributed by atoms with Crippen molar-refractivity contribution in [3.8, 4) is 10.6 Å². The summed E-state index contributed by atoms with van der Waals surface area (Å²) < 4.78 is 20.4. The van der Waals surface area contributed by atoms with Gasteiger partial charge in [0, 0.05) is 5.38 Å². The second kappa shape index (κ2) is 7.23. The zero-order valence-corrected chi connectivity index (χ0v) is 15.4. The largest absolute Gasteiger partial charge is 0.463 e. The summed E-state index contributed by atoms with van der Waals surface area (Å²) in [6.07, 6.45) is 1.62. The standard InChI is InChI=1S/C19H14FN3OS2/c1-13(17-4-2-10-24-17)22-23-16(18-5-3-11-25-18)12-26-19(23)21-15-8-6-14(20)7-9-15/h2-12H,1H3. The maximum absolute atomic E-state index is 13.1. The first-order valence-electron chi connectivity index (χ1n) is 7.85. The Bertz CT molecular complexity index is 1090. The number of halogens is 1. The molecule has 0 saturated heterocycles. The summed E-state index contributed by atoms with van der Waals surface area (Å²) in [4.78, 5) is 6.42. The van der Waals surface area contributed by atoms with E-state index < -0.39 is 0 Å². The molecule has 0 aliphatic heterocycles. The van der Waals surface area contributed by atoms with Crippen LogP contribution in [0, 0.1) is 5.82 Å². The third-order valence-electron chi connectivity index (χ3n) is 3.64. The van der Waals surface area contributed by atoms with Gasteiger partial charge in [0.05, 0.1) is 22.5 Å². The summed E-state index contributed by atoms with van der Waals surface area (Å²) >= 11 is 3.12. The molecule has 1 aromatic carbocycles. The zero-order chi connectivity index (χ0) is 17.9. The molecule has 0 unspecified atom stereocenters. The van der Waals surface area contributed by atoms with Crippen molar-refractivity contribution in [2.24, 2.45) is 10.1 Å². The van der Waals surface area contributed by atoms with Crippen molar-refractivity contribution in [2.45, 2.75) is 6.92 Å². The number of furan rings is 1. The van der Waals surface area contributed by atoms with Crippen LogP contribution in [0.25, 0.3) is 10.6 Å². The lowest BCUT2D eigenvalue weighted by atomic mass is 10.3. The lowest BCUT2D eigenvalue weighted by molar-refractivity contribution is 0.556. The Balaban J connectivity index is 1.87. The smallest absolute Gasteiger partial charge is 0.211 e. The number of benzene rings is 1. The molecule has 0 atom stereocenters. The highest BCUT2D eigenvalue weighted by Gasteiger charge is 2.10. The number of hydrogen-bond donors (Lipinski definition) is 0. The molecule has 130 valence electrons. The molecule has 4 aromatic rings. The lowest BCUT2D eigenvalue weighted by Crippen LogP contribution is -2.13. The van der Waals surface area contributed by atoms with E-state index in [0.29, 0.717) is 16.2 Å². The fourth-order valence-corrected chi connectivity index (χ4v) is 4.02. The molecular formula is C19H14FN3OS2. The van der Waals surface area contributed by atoms with E-state index in [1.165, 1.54) is 23.5 Å². The topological polar surface area (TPSA) is 42.8 Å². The van der Waals surface area contributed by atoms with E-state index in [4.69, 9.17) is 9.52 Å². The van der Waals surface area contributed by atoms with Gasteiger partial charge in [-0.3, -0.25) is 0 Å². The van der Waals surface area contributed by atoms with Crippen molar-refractivity contribution in [3.05, 3.63) is 81.9 Å². The van der Waals surface area contributed by atoms with E-state index in [2.05, 4.69) is 4.99 Å². The quantitative estimate of drug-likeness (QED) is 0.428. The number of thiophene rings is 1. The third-order valence-corrected chi connectivity index (χ3v) is 5.35. The van der Waals surface area contributed by atoms with Gasteiger partial charge in [0.15, 0.2) is 0 Å². The van der Waals surface area contributed by atoms with Crippen molar-refractivity contribution >= 4 is 34.1 Å². The summed E-state index contributed by atoms with van der Waals surface area (Å²) in [6, 6.07) is 13.8. The monoisotopic (exact) mass is 383 g/mol. The van der Waals surface area contributed by atoms with Crippen LogP contribution >= 0.6 is 22.7 Å². The molecule has 0 bridgehead atoms. The Morgan fingerprint density at radius 2 is 1.92 bits per heavy atom. The van der Waals surface area contributed by atoms with Crippen molar-refractivity contribution < 1.29 is 8.81 Å². The molecule has 4 nitrogen and oxygen atoms in total. The average Bonchev–Trinajstić information content (AvgIpc) is 3.38. The van der Waals surface area contributed by atoms with Gasteiger partial charge in [-0.05, 0) is 54.8 Å². The molecule has 0 radical (unpaired) electrons. The van der Waals surface area contributed by atoms with Crippen molar-refractivity contribution in [3.63, 3.8) is 0 Å². The molecule has 3 heterocycles. The van der Waals surface area contributed by atoms with Crippen LogP contribution < -0.4 is 4.80 Å². The van der Waals surface area contributed by atoms with Crippen LogP contribution in [-0.4, -0.2) is 10.4 Å². The number of hydrogen-bond acceptors (Lipinski definition) is 5. The predicted octanol–water partition coefficient (Wildman–Crippen LogP) is 5.51. The van der Waals surface area contributed by atoms with E-state index >= 15 is 0 Å². The van der Waals surface area contributed by atoms with Gasteiger partial charge >= 0.3 is 0 Å². The summed E-state index contributed by atoms with van der Waals surface area (Å²) in [5, 5.41) is 8.77. The number of aromatic nitrogens is 1. The van der Waals surface area contributed by atoms with Crippen molar-refractivity contribution in [1.29, 1.82) is 0 Å². The molecule has 0 N–H and O–H groups in total. The Kier molecular flexibility index (Phi) is 4.64. The van der Waals surface area contributed by atoms with Gasteiger partial charge in [-0.2, -0.15) is 5.10 Å². The first kappa shape index (κ1) is 16.7. The van der Waals surface area contributed by atoms with Crippen LogP contribution in [0.1, 0.15) is 12.7 Å². The van der Waals surface area contributed by atoms with E-state index in [0.717, 1.165) is 16.3 Å². The molecule has 0 aliphatic carbocycles. The Morgan fingerprint density at radius 3 is 2.62 bits per heavy atom. The molecular weight excluding hydrogens is 369 g/mol. The van der Waals surface area contributed by atoms with Crippen molar-refractivity contribution in [1.82, 2.24) is 4.68 Å². The lowest BCUT2D eigenvalue weighted by Gasteiger charge is -2.03. The molecule has 0 aliphatic rings. The van der Waals surface area contributed by atoms with Gasteiger partial charge in [0.1, 0.15) is 17.3 Å². The first-order chi connectivity index (χ1) is 12.7. The van der Waals surface area contributed by atoms with Crippen LogP contribution in [0.2, 0.25) is 0 Å². The molecule has 0 saturated carbocycles. The highest BCUT2D eigenvalue weighted by molar-refractivity contribution is 7.14. The average molecular weight is 383 g/mol. The highest BCUT2D eigenvalue weighted by atomic mass is 32.1. The van der Waals surface area contributed by atoms with Crippen LogP contribution in [-0.2, 0) is 0 Å². The molecule has 7 heteroatoms. The van der Waals surface area contributed by atoms with Gasteiger partial charge in [-0.1, -0.05) is 6.07 Å². The Hall–Kier alpha value is -2.77. The number of nitrogens with zero attached hydrogens (tertiary/aromatic N) is 3. The maximum Gasteiger partial charge on any atom is 0.211 e. The fraction of sp³-hybridized carbons (Fsp3) is 0.0526. The van der Waals surface area contributed by atoms with E-state index in [9.17, 15) is 4.39 Å². The second-order valence-electron chi connectivity index (χ2n) is 5.44. The van der Waals surface area contributed by atoms with Crippen LogP contribution in [0.15, 0.2) is 80.1 Å². The highest BCUT2D eigenvalue weighted by Crippen LogP contribution is 2.25. The minimum absolute atomic E-state index is 0.283. The molecule has 0 fully saturated rings. The summed E-state index contributed by atoms with van der Waals surface area (Å²) in [5.41, 5.74) is 2.37. The Labute approximate surface area is 157 Å². The summed E-state index contributed by atoms with van der Waals surface area (Å²) in [7, 11) is 0. The van der Waals surface area contributed by atoms with Gasteiger partial charge < -0.3 is 4.42 Å². The SMILES string of the molecule is CC(=Nn1c(-c2cccs2)csc1=Nc1ccc(F)cc1)c1ccco1. The first-order valence-corrected chi connectivity index (χ1v) is 9.61. The van der Waals surface area contributed by atoms with Crippen LogP contribution in [0.4, 0.5) is 10.1 Å². The number of rotatable bonds is 4. The summed E-state index contributed by atoms with van der Waals surface area (Å²) in [6.45, 7) is 1.89. The fourth-order valence-electron chi connectivity index (χ4n) is 2.38. The maximum atomic E-state index is 13.1.